The van der Waals surface area contributed by atoms with Crippen LogP contribution in [0.25, 0.3) is 0 Å². The van der Waals surface area contributed by atoms with Crippen molar-refractivity contribution in [1.82, 2.24) is 0 Å². The lowest BCUT2D eigenvalue weighted by molar-refractivity contribution is 0.0766. The summed E-state index contributed by atoms with van der Waals surface area (Å²) >= 11 is 4.69. The van der Waals surface area contributed by atoms with Gasteiger partial charge in [0, 0.05) is 13.3 Å². The van der Waals surface area contributed by atoms with Crippen LogP contribution < -0.4 is 0 Å². The Balaban J connectivity index is 3.30. The van der Waals surface area contributed by atoms with E-state index in [-0.39, 0.29) is 12.8 Å². The maximum Gasteiger partial charge on any atom is 0.349 e. The third-order valence-electron chi connectivity index (χ3n) is 3.60. The van der Waals surface area contributed by atoms with Gasteiger partial charge >= 0.3 is 15.2 Å². The van der Waals surface area contributed by atoms with Gasteiger partial charge in [0.15, 0.2) is 0 Å². The smallest absolute Gasteiger partial charge is 0.349 e. The number of methoxy groups -OCH3 is 1. The van der Waals surface area contributed by atoms with E-state index >= 15 is 0 Å². The number of hydrogen-bond acceptors (Lipinski definition) is 5. The van der Waals surface area contributed by atoms with E-state index in [2.05, 4.69) is 17.2 Å². The second-order valence-electron chi connectivity index (χ2n) is 4.87. The predicted octanol–water partition coefficient (Wildman–Crippen LogP) is 1.27. The Kier molecular flexibility index (Phi) is 6.41. The van der Waals surface area contributed by atoms with Crippen molar-refractivity contribution in [2.45, 2.75) is 36.8 Å². The number of ether oxygens (including phenoxy) is 1. The molecule has 4 N–H and O–H groups in total. The van der Waals surface area contributed by atoms with Crippen molar-refractivity contribution in [1.29, 1.82) is 0 Å². The van der Waals surface area contributed by atoms with Crippen molar-refractivity contribution in [3.63, 3.8) is 0 Å². The highest BCUT2D eigenvalue weighted by Gasteiger charge is 2.65. The average Bonchev–Trinajstić information content (AvgIpc) is 2.36. The number of unbranched alkanes of at least 4 members (excludes halogenated alkanes) is 1. The van der Waals surface area contributed by atoms with Crippen LogP contribution in [0.5, 0.6) is 0 Å². The monoisotopic (exact) mass is 359 g/mol. The van der Waals surface area contributed by atoms with Crippen LogP contribution in [0.4, 0.5) is 0 Å². The highest BCUT2D eigenvalue weighted by molar-refractivity contribution is 7.79. The summed E-state index contributed by atoms with van der Waals surface area (Å²) in [5.41, 5.74) is 0. The first-order chi connectivity index (χ1) is 9.60. The summed E-state index contributed by atoms with van der Waals surface area (Å²) in [5, 5.41) is 1.47. The van der Waals surface area contributed by atoms with Crippen molar-refractivity contribution in [2.75, 3.05) is 7.11 Å². The fourth-order valence-electron chi connectivity index (χ4n) is 2.51. The van der Waals surface area contributed by atoms with Gasteiger partial charge in [0.2, 0.25) is 4.90 Å². The highest BCUT2D eigenvalue weighted by Crippen LogP contribution is 2.73. The molecule has 0 spiro atoms. The summed E-state index contributed by atoms with van der Waals surface area (Å²) in [5.74, 6) is -0.948. The topological polar surface area (TPSA) is 137 Å². The number of thiocarbonyl (C=S) groups is 1. The number of hydrogen-bond donors (Lipinski definition) is 4. The van der Waals surface area contributed by atoms with Crippen LogP contribution in [-0.2, 0) is 13.9 Å². The Bertz CT molecular complexity index is 478. The van der Waals surface area contributed by atoms with Gasteiger partial charge in [0.1, 0.15) is 6.23 Å². The highest BCUT2D eigenvalue weighted by atomic mass is 32.1. The normalized spacial score (nSPS) is 25.8. The molecule has 0 saturated heterocycles. The minimum Gasteiger partial charge on any atom is -0.360 e. The summed E-state index contributed by atoms with van der Waals surface area (Å²) < 4.78 is 28.7. The molecule has 0 amide bonds. The zero-order valence-corrected chi connectivity index (χ0v) is 14.0. The molecule has 0 aromatic carbocycles. The molecule has 1 aliphatic rings. The van der Waals surface area contributed by atoms with E-state index in [9.17, 15) is 28.7 Å². The van der Waals surface area contributed by atoms with Crippen LogP contribution in [-0.4, -0.2) is 49.4 Å². The van der Waals surface area contributed by atoms with Crippen LogP contribution in [0.1, 0.15) is 25.7 Å². The molecule has 0 radical (unpaired) electrons. The van der Waals surface area contributed by atoms with Crippen LogP contribution in [0.15, 0.2) is 4.99 Å². The predicted molar refractivity (Wildman–Crippen MR) is 81.7 cm³/mol. The van der Waals surface area contributed by atoms with Gasteiger partial charge in [0.25, 0.3) is 0 Å². The van der Waals surface area contributed by atoms with Gasteiger partial charge in [-0.2, -0.15) is 0 Å². The first-order valence-electron chi connectivity index (χ1n) is 6.22. The molecule has 21 heavy (non-hydrogen) atoms. The van der Waals surface area contributed by atoms with E-state index in [0.29, 0.717) is 19.1 Å². The van der Waals surface area contributed by atoms with Crippen LogP contribution >= 0.6 is 27.4 Å². The molecule has 1 aliphatic heterocycles. The quantitative estimate of drug-likeness (QED) is 0.303. The zero-order valence-electron chi connectivity index (χ0n) is 11.4. The Morgan fingerprint density at radius 2 is 1.95 bits per heavy atom. The van der Waals surface area contributed by atoms with Crippen molar-refractivity contribution >= 4 is 39.0 Å². The van der Waals surface area contributed by atoms with Gasteiger partial charge in [-0.1, -0.05) is 12.2 Å². The van der Waals surface area contributed by atoms with Crippen molar-refractivity contribution in [2.24, 2.45) is 10.9 Å². The third kappa shape index (κ3) is 3.86. The maximum atomic E-state index is 11.8. The van der Waals surface area contributed by atoms with E-state index < -0.39 is 32.2 Å². The molecule has 122 valence electrons. The van der Waals surface area contributed by atoms with Crippen molar-refractivity contribution < 1.29 is 33.4 Å². The second-order valence-corrected chi connectivity index (χ2v) is 9.21. The van der Waals surface area contributed by atoms with E-state index in [1.165, 1.54) is 12.5 Å². The Morgan fingerprint density at radius 3 is 2.38 bits per heavy atom. The molecule has 8 nitrogen and oxygen atoms in total. The molecule has 0 aromatic heterocycles. The van der Waals surface area contributed by atoms with E-state index in [1.807, 2.05) is 0 Å². The maximum absolute atomic E-state index is 11.8. The van der Waals surface area contributed by atoms with Crippen LogP contribution in [0.3, 0.4) is 0 Å². The standard InChI is InChI=1S/C10H19NO7P2S/c1-18-9-6-8(4-2-3-5-21)10(7-11-9,19(12,13)14)20(15,16)17/h5,7-9H,2-4,6H2,1H3,(H2,12,13,14)(H2,15,16,17). The van der Waals surface area contributed by atoms with Gasteiger partial charge in [-0.25, -0.2) is 0 Å². The molecule has 0 aromatic rings. The molecule has 2 atom stereocenters. The molecule has 11 heteroatoms. The molecular weight excluding hydrogens is 340 g/mol. The Hall–Kier alpha value is 0.0200. The molecule has 1 heterocycles. The number of aliphatic imine (C=N–C) groups is 1. The first kappa shape index (κ1) is 19.1. The van der Waals surface area contributed by atoms with E-state index in [0.717, 1.165) is 0 Å². The number of rotatable bonds is 7. The SMILES string of the molecule is COC1CC(CCCC=S)C(P(=O)(O)O)(P(=O)(O)O)C=N1. The van der Waals surface area contributed by atoms with Crippen molar-refractivity contribution in [3.8, 4) is 0 Å². The lowest BCUT2D eigenvalue weighted by Gasteiger charge is -2.41. The molecule has 0 fully saturated rings. The molecule has 1 rings (SSSR count). The summed E-state index contributed by atoms with van der Waals surface area (Å²) in [6.07, 6.45) is 1.25. The fourth-order valence-corrected chi connectivity index (χ4v) is 5.89. The lowest BCUT2D eigenvalue weighted by atomic mass is 9.92. The summed E-state index contributed by atoms with van der Waals surface area (Å²) in [6, 6.07) is 0. The molecular formula is C10H19NO7P2S. The van der Waals surface area contributed by atoms with Gasteiger partial charge in [-0.05, 0) is 37.0 Å². The summed E-state index contributed by atoms with van der Waals surface area (Å²) in [4.78, 5) is 39.5. The van der Waals surface area contributed by atoms with Crippen LogP contribution in [0, 0.1) is 5.92 Å². The Morgan fingerprint density at radius 1 is 1.38 bits per heavy atom. The van der Waals surface area contributed by atoms with E-state index in [1.54, 1.807) is 0 Å². The fraction of sp³-hybridized carbons (Fsp3) is 0.800. The lowest BCUT2D eigenvalue weighted by Crippen LogP contribution is -2.44. The van der Waals surface area contributed by atoms with Gasteiger partial charge in [-0.3, -0.25) is 14.1 Å². The first-order valence-corrected chi connectivity index (χ1v) is 9.91. The molecule has 0 bridgehead atoms. The van der Waals surface area contributed by atoms with Gasteiger partial charge in [-0.15, -0.1) is 0 Å². The molecule has 2 unspecified atom stereocenters. The molecule has 0 aliphatic carbocycles. The van der Waals surface area contributed by atoms with Crippen LogP contribution in [0.2, 0.25) is 0 Å². The molecule has 0 saturated carbocycles. The summed E-state index contributed by atoms with van der Waals surface area (Å²) in [6.45, 7) is 0. The van der Waals surface area contributed by atoms with Gasteiger partial charge < -0.3 is 24.3 Å². The second kappa shape index (κ2) is 7.06. The number of nitrogens with zero attached hydrogens (tertiary/aromatic N) is 1. The third-order valence-corrected chi connectivity index (χ3v) is 8.22. The average molecular weight is 359 g/mol. The zero-order chi connectivity index (χ0) is 16.3. The minimum absolute atomic E-state index is 0.0284. The summed E-state index contributed by atoms with van der Waals surface area (Å²) in [7, 11) is -8.91. The van der Waals surface area contributed by atoms with Crippen molar-refractivity contribution in [3.05, 3.63) is 0 Å². The Labute approximate surface area is 127 Å². The minimum atomic E-state index is -5.14. The van der Waals surface area contributed by atoms with Gasteiger partial charge in [0.05, 0.1) is 0 Å². The van der Waals surface area contributed by atoms with E-state index in [4.69, 9.17) is 4.74 Å². The largest absolute Gasteiger partial charge is 0.360 e.